The van der Waals surface area contributed by atoms with E-state index in [2.05, 4.69) is 19.9 Å². The molecule has 0 aliphatic rings. The van der Waals surface area contributed by atoms with Gasteiger partial charge in [-0.05, 0) is 0 Å². The first-order valence-corrected chi connectivity index (χ1v) is 5.13. The monoisotopic (exact) mass is 211 g/mol. The van der Waals surface area contributed by atoms with Crippen molar-refractivity contribution in [1.29, 1.82) is 0 Å². The zero-order chi connectivity index (χ0) is 11.0. The summed E-state index contributed by atoms with van der Waals surface area (Å²) in [4.78, 5) is 15.0. The van der Waals surface area contributed by atoms with Gasteiger partial charge in [0.25, 0.3) is 0 Å². The molecule has 0 amide bonds. The van der Waals surface area contributed by atoms with E-state index in [0.29, 0.717) is 0 Å². The Morgan fingerprint density at radius 1 is 1.12 bits per heavy atom. The highest BCUT2D eigenvalue weighted by molar-refractivity contribution is 5.84. The van der Waals surface area contributed by atoms with E-state index < -0.39 is 0 Å². The summed E-state index contributed by atoms with van der Waals surface area (Å²) in [5, 5.41) is 0. The highest BCUT2D eigenvalue weighted by Gasteiger charge is 2.14. The van der Waals surface area contributed by atoms with Crippen LogP contribution in [0.5, 0.6) is 0 Å². The lowest BCUT2D eigenvalue weighted by Gasteiger charge is -1.99. The van der Waals surface area contributed by atoms with Crippen molar-refractivity contribution in [1.82, 2.24) is 15.0 Å². The molecule has 0 saturated heterocycles. The highest BCUT2D eigenvalue weighted by atomic mass is 15.0. The molecule has 2 aromatic heterocycles. The molecule has 3 aromatic rings. The molecule has 0 spiro atoms. The molecule has 0 saturated carbocycles. The largest absolute Gasteiger partial charge is 0.303 e. The summed E-state index contributed by atoms with van der Waals surface area (Å²) in [6.45, 7) is 1.90. The molecule has 0 bridgehead atoms. The molecule has 0 fully saturated rings. The van der Waals surface area contributed by atoms with Gasteiger partial charge >= 0.3 is 5.65 Å². The van der Waals surface area contributed by atoms with E-state index in [0.717, 1.165) is 28.2 Å². The Labute approximate surface area is 92.4 Å². The molecule has 4 nitrogen and oxygen atoms in total. The van der Waals surface area contributed by atoms with Gasteiger partial charge in [-0.25, -0.2) is 9.97 Å². The summed E-state index contributed by atoms with van der Waals surface area (Å²) < 4.78 is 0. The average molecular weight is 211 g/mol. The summed E-state index contributed by atoms with van der Waals surface area (Å²) in [6, 6.07) is 10.1. The van der Waals surface area contributed by atoms with Gasteiger partial charge in [0.2, 0.25) is 5.82 Å². The second kappa shape index (κ2) is 3.41. The first kappa shape index (κ1) is 9.03. The van der Waals surface area contributed by atoms with Crippen LogP contribution in [0.2, 0.25) is 0 Å². The Balaban J connectivity index is 2.34. The molecular formula is C12H11N4+. The van der Waals surface area contributed by atoms with Crippen LogP contribution in [0, 0.1) is 6.92 Å². The molecule has 2 N–H and O–H groups in total. The Kier molecular flexibility index (Phi) is 1.93. The fourth-order valence-electron chi connectivity index (χ4n) is 1.80. The van der Waals surface area contributed by atoms with Gasteiger partial charge in [-0.1, -0.05) is 35.3 Å². The number of aromatic amines is 2. The normalized spacial score (nSPS) is 10.8. The fourth-order valence-corrected chi connectivity index (χ4v) is 1.80. The molecule has 1 aromatic carbocycles. The lowest BCUT2D eigenvalue weighted by Crippen LogP contribution is -2.01. The van der Waals surface area contributed by atoms with Crippen LogP contribution >= 0.6 is 0 Å². The molecule has 78 valence electrons. The van der Waals surface area contributed by atoms with Crippen LogP contribution in [0.4, 0.5) is 0 Å². The molecule has 16 heavy (non-hydrogen) atoms. The van der Waals surface area contributed by atoms with E-state index in [9.17, 15) is 0 Å². The van der Waals surface area contributed by atoms with E-state index in [1.54, 1.807) is 6.33 Å². The standard InChI is InChI=1S/C12H10N4/c1-8-15-10(9-5-3-2-4-6-9)11-12(16-8)14-7-13-11/h2-7H,1H3,(H,13,14,15,16)/p+1. The van der Waals surface area contributed by atoms with Gasteiger partial charge in [0.1, 0.15) is 5.69 Å². The Hall–Kier alpha value is -2.23. The number of nitrogens with one attached hydrogen (secondary N) is 2. The highest BCUT2D eigenvalue weighted by Crippen LogP contribution is 2.22. The van der Waals surface area contributed by atoms with Crippen molar-refractivity contribution in [2.24, 2.45) is 0 Å². The summed E-state index contributed by atoms with van der Waals surface area (Å²) in [5.74, 6) is 0.766. The van der Waals surface area contributed by atoms with Gasteiger partial charge in [-0.2, -0.15) is 0 Å². The number of imidazole rings is 1. The quantitative estimate of drug-likeness (QED) is 0.666. The summed E-state index contributed by atoms with van der Waals surface area (Å²) in [7, 11) is 0. The topological polar surface area (TPSA) is 55.7 Å². The SMILES string of the molecule is Cc1nc(-c2ccccc2)c2[nH]c[nH+]c2n1. The second-order valence-corrected chi connectivity index (χ2v) is 3.64. The minimum atomic E-state index is 0.766. The maximum atomic E-state index is 4.48. The Morgan fingerprint density at radius 2 is 1.94 bits per heavy atom. The first-order chi connectivity index (χ1) is 7.84. The van der Waals surface area contributed by atoms with Gasteiger partial charge in [-0.15, -0.1) is 0 Å². The van der Waals surface area contributed by atoms with Crippen LogP contribution in [-0.2, 0) is 0 Å². The van der Waals surface area contributed by atoms with Crippen LogP contribution in [0.25, 0.3) is 22.4 Å². The fraction of sp³-hybridized carbons (Fsp3) is 0.0833. The number of hydrogen-bond acceptors (Lipinski definition) is 2. The molecule has 0 aliphatic carbocycles. The maximum absolute atomic E-state index is 4.48. The molecule has 0 unspecified atom stereocenters. The van der Waals surface area contributed by atoms with Gasteiger partial charge in [0.05, 0.1) is 0 Å². The van der Waals surface area contributed by atoms with Crippen LogP contribution in [-0.4, -0.2) is 15.0 Å². The zero-order valence-electron chi connectivity index (χ0n) is 8.86. The van der Waals surface area contributed by atoms with Crippen LogP contribution in [0.3, 0.4) is 0 Å². The van der Waals surface area contributed by atoms with Crippen molar-refractivity contribution >= 4 is 11.2 Å². The van der Waals surface area contributed by atoms with E-state index in [1.807, 2.05) is 37.3 Å². The van der Waals surface area contributed by atoms with E-state index in [1.165, 1.54) is 0 Å². The van der Waals surface area contributed by atoms with Crippen molar-refractivity contribution < 1.29 is 4.98 Å². The third-order valence-corrected chi connectivity index (χ3v) is 2.49. The molecule has 3 rings (SSSR count). The number of fused-ring (bicyclic) bond motifs is 1. The molecule has 0 atom stereocenters. The maximum Gasteiger partial charge on any atom is 0.303 e. The van der Waals surface area contributed by atoms with Gasteiger partial charge in [0.15, 0.2) is 11.8 Å². The average Bonchev–Trinajstić information content (AvgIpc) is 2.77. The van der Waals surface area contributed by atoms with Crippen molar-refractivity contribution in [3.8, 4) is 11.3 Å². The number of benzene rings is 1. The molecule has 0 aliphatic heterocycles. The van der Waals surface area contributed by atoms with Gasteiger partial charge < -0.3 is 0 Å². The number of H-pyrrole nitrogens is 2. The minimum absolute atomic E-state index is 0.766. The van der Waals surface area contributed by atoms with Crippen LogP contribution in [0.1, 0.15) is 5.82 Å². The zero-order valence-corrected chi connectivity index (χ0v) is 8.86. The number of nitrogens with zero attached hydrogens (tertiary/aromatic N) is 2. The predicted molar refractivity (Wildman–Crippen MR) is 60.6 cm³/mol. The van der Waals surface area contributed by atoms with Crippen molar-refractivity contribution in [3.05, 3.63) is 42.5 Å². The number of aryl methyl sites for hydroxylation is 1. The van der Waals surface area contributed by atoms with Gasteiger partial charge in [-0.3, -0.25) is 4.98 Å². The number of hydrogen-bond donors (Lipinski definition) is 1. The summed E-state index contributed by atoms with van der Waals surface area (Å²) >= 11 is 0. The first-order valence-electron chi connectivity index (χ1n) is 5.13. The van der Waals surface area contributed by atoms with Gasteiger partial charge in [0, 0.05) is 12.5 Å². The molecule has 4 heteroatoms. The predicted octanol–water partition coefficient (Wildman–Crippen LogP) is 1.75. The van der Waals surface area contributed by atoms with Crippen molar-refractivity contribution in [2.45, 2.75) is 6.92 Å². The van der Waals surface area contributed by atoms with Crippen molar-refractivity contribution in [2.75, 3.05) is 0 Å². The van der Waals surface area contributed by atoms with Crippen molar-refractivity contribution in [3.63, 3.8) is 0 Å². The second-order valence-electron chi connectivity index (χ2n) is 3.64. The minimum Gasteiger partial charge on any atom is -0.272 e. The Morgan fingerprint density at radius 3 is 2.75 bits per heavy atom. The number of aromatic nitrogens is 4. The third-order valence-electron chi connectivity index (χ3n) is 2.49. The summed E-state index contributed by atoms with van der Waals surface area (Å²) in [5.41, 5.74) is 3.81. The van der Waals surface area contributed by atoms with E-state index in [4.69, 9.17) is 0 Å². The summed E-state index contributed by atoms with van der Waals surface area (Å²) in [6.07, 6.45) is 1.77. The Bertz CT molecular complexity index is 628. The lowest BCUT2D eigenvalue weighted by molar-refractivity contribution is -0.347. The molecular weight excluding hydrogens is 200 g/mol. The smallest absolute Gasteiger partial charge is 0.272 e. The van der Waals surface area contributed by atoms with Crippen LogP contribution in [0.15, 0.2) is 36.7 Å². The van der Waals surface area contributed by atoms with Crippen LogP contribution < -0.4 is 4.98 Å². The molecule has 2 heterocycles. The lowest BCUT2D eigenvalue weighted by atomic mass is 10.1. The third kappa shape index (κ3) is 1.35. The van der Waals surface area contributed by atoms with E-state index in [-0.39, 0.29) is 0 Å². The van der Waals surface area contributed by atoms with E-state index >= 15 is 0 Å². The molecule has 0 radical (unpaired) electrons. The number of rotatable bonds is 1.